The maximum absolute atomic E-state index is 12.3. The summed E-state index contributed by atoms with van der Waals surface area (Å²) in [4.78, 5) is 12.3. The average molecular weight is 312 g/mol. The van der Waals surface area contributed by atoms with E-state index in [-0.39, 0.29) is 18.0 Å². The Kier molecular flexibility index (Phi) is 5.77. The lowest BCUT2D eigenvalue weighted by atomic mass is 10.0. The van der Waals surface area contributed by atoms with Crippen LogP contribution in [0.15, 0.2) is 48.5 Å². The van der Waals surface area contributed by atoms with E-state index in [1.807, 2.05) is 63.2 Å². The maximum atomic E-state index is 12.3. The Morgan fingerprint density at radius 3 is 2.43 bits per heavy atom. The first-order valence-electron chi connectivity index (χ1n) is 7.77. The summed E-state index contributed by atoms with van der Waals surface area (Å²) >= 11 is 0. The molecule has 4 heteroatoms. The summed E-state index contributed by atoms with van der Waals surface area (Å²) in [7, 11) is 1.66. The van der Waals surface area contributed by atoms with Gasteiger partial charge in [-0.25, -0.2) is 0 Å². The Bertz CT molecular complexity index is 656. The number of methoxy groups -OCH3 is 1. The highest BCUT2D eigenvalue weighted by atomic mass is 16.5. The van der Waals surface area contributed by atoms with Gasteiger partial charge in [-0.05, 0) is 39.0 Å². The molecule has 0 radical (unpaired) electrons. The minimum Gasteiger partial charge on any atom is -0.496 e. The van der Waals surface area contributed by atoms with E-state index >= 15 is 0 Å². The van der Waals surface area contributed by atoms with Gasteiger partial charge in [0, 0.05) is 17.3 Å². The number of benzene rings is 2. The molecule has 4 nitrogen and oxygen atoms in total. The van der Waals surface area contributed by atoms with Gasteiger partial charge >= 0.3 is 0 Å². The van der Waals surface area contributed by atoms with E-state index in [9.17, 15) is 4.79 Å². The number of ether oxygens (including phenoxy) is 1. The lowest BCUT2D eigenvalue weighted by Gasteiger charge is -2.22. The molecule has 2 atom stereocenters. The van der Waals surface area contributed by atoms with Crippen molar-refractivity contribution in [2.75, 3.05) is 12.4 Å². The summed E-state index contributed by atoms with van der Waals surface area (Å²) in [5, 5.41) is 6.23. The molecule has 0 spiro atoms. The van der Waals surface area contributed by atoms with Gasteiger partial charge in [-0.2, -0.15) is 0 Å². The summed E-state index contributed by atoms with van der Waals surface area (Å²) in [6.07, 6.45) is 0. The summed E-state index contributed by atoms with van der Waals surface area (Å²) in [5.74, 6) is 0.765. The number of amides is 1. The number of nitrogens with one attached hydrogen (secondary N) is 2. The minimum atomic E-state index is -0.324. The summed E-state index contributed by atoms with van der Waals surface area (Å²) in [5.41, 5.74) is 3.01. The Morgan fingerprint density at radius 1 is 1.09 bits per heavy atom. The van der Waals surface area contributed by atoms with E-state index in [0.717, 1.165) is 22.6 Å². The molecule has 1 amide bonds. The number of rotatable bonds is 6. The Labute approximate surface area is 137 Å². The van der Waals surface area contributed by atoms with Crippen LogP contribution in [0.3, 0.4) is 0 Å². The van der Waals surface area contributed by atoms with Gasteiger partial charge in [-0.3, -0.25) is 10.1 Å². The second kappa shape index (κ2) is 7.79. The quantitative estimate of drug-likeness (QED) is 0.855. The molecule has 23 heavy (non-hydrogen) atoms. The third kappa shape index (κ3) is 4.57. The van der Waals surface area contributed by atoms with E-state index in [1.165, 1.54) is 0 Å². The van der Waals surface area contributed by atoms with Crippen LogP contribution >= 0.6 is 0 Å². The van der Waals surface area contributed by atoms with Crippen molar-refractivity contribution in [2.24, 2.45) is 0 Å². The van der Waals surface area contributed by atoms with Gasteiger partial charge in [0.1, 0.15) is 5.75 Å². The number of hydrogen-bond donors (Lipinski definition) is 2. The molecule has 0 saturated heterocycles. The minimum absolute atomic E-state index is 0.00127. The van der Waals surface area contributed by atoms with Crippen LogP contribution in [-0.4, -0.2) is 19.1 Å². The van der Waals surface area contributed by atoms with Crippen LogP contribution in [0.4, 0.5) is 5.69 Å². The topological polar surface area (TPSA) is 50.4 Å². The summed E-state index contributed by atoms with van der Waals surface area (Å²) in [6, 6.07) is 15.2. The second-order valence-corrected chi connectivity index (χ2v) is 5.71. The Balaban J connectivity index is 2.03. The largest absolute Gasteiger partial charge is 0.496 e. The first-order valence-corrected chi connectivity index (χ1v) is 7.77. The van der Waals surface area contributed by atoms with Crippen molar-refractivity contribution >= 4 is 11.6 Å². The van der Waals surface area contributed by atoms with Crippen molar-refractivity contribution in [3.05, 3.63) is 59.7 Å². The molecule has 2 rings (SSSR count). The molecule has 0 aliphatic carbocycles. The van der Waals surface area contributed by atoms with Crippen molar-refractivity contribution in [3.8, 4) is 5.75 Å². The highest BCUT2D eigenvalue weighted by Crippen LogP contribution is 2.26. The lowest BCUT2D eigenvalue weighted by Crippen LogP contribution is -2.39. The first kappa shape index (κ1) is 17.0. The van der Waals surface area contributed by atoms with Crippen molar-refractivity contribution in [2.45, 2.75) is 32.9 Å². The molecule has 0 aliphatic rings. The molecule has 2 N–H and O–H groups in total. The normalized spacial score (nSPS) is 13.2. The van der Waals surface area contributed by atoms with Crippen LogP contribution in [0.1, 0.15) is 31.0 Å². The van der Waals surface area contributed by atoms with Crippen LogP contribution in [0.2, 0.25) is 0 Å². The molecule has 2 aromatic carbocycles. The lowest BCUT2D eigenvalue weighted by molar-refractivity contribution is -0.117. The standard InChI is InChI=1S/C19H24N2O2/c1-13-10-11-18(23-4)17(12-13)14(2)20-15(3)19(22)21-16-8-6-5-7-9-16/h5-12,14-15,20H,1-4H3,(H,21,22). The van der Waals surface area contributed by atoms with E-state index in [2.05, 4.69) is 16.7 Å². The first-order chi connectivity index (χ1) is 11.0. The molecular formula is C19H24N2O2. The Morgan fingerprint density at radius 2 is 1.78 bits per heavy atom. The molecule has 0 saturated carbocycles. The molecule has 0 aromatic heterocycles. The fraction of sp³-hybridized carbons (Fsp3) is 0.316. The predicted molar refractivity (Wildman–Crippen MR) is 93.8 cm³/mol. The number of para-hydroxylation sites is 1. The van der Waals surface area contributed by atoms with Crippen molar-refractivity contribution < 1.29 is 9.53 Å². The van der Waals surface area contributed by atoms with Gasteiger partial charge in [-0.1, -0.05) is 35.9 Å². The van der Waals surface area contributed by atoms with Crippen LogP contribution in [-0.2, 0) is 4.79 Å². The smallest absolute Gasteiger partial charge is 0.241 e. The zero-order valence-corrected chi connectivity index (χ0v) is 14.1. The fourth-order valence-electron chi connectivity index (χ4n) is 2.50. The number of anilines is 1. The maximum Gasteiger partial charge on any atom is 0.241 e. The number of aryl methyl sites for hydroxylation is 1. The molecule has 0 aliphatic heterocycles. The Hall–Kier alpha value is -2.33. The monoisotopic (exact) mass is 312 g/mol. The van der Waals surface area contributed by atoms with E-state index in [0.29, 0.717) is 0 Å². The van der Waals surface area contributed by atoms with Crippen LogP contribution < -0.4 is 15.4 Å². The van der Waals surface area contributed by atoms with Crippen molar-refractivity contribution in [1.29, 1.82) is 0 Å². The van der Waals surface area contributed by atoms with Gasteiger partial charge in [0.05, 0.1) is 13.2 Å². The van der Waals surface area contributed by atoms with E-state index in [1.54, 1.807) is 7.11 Å². The van der Waals surface area contributed by atoms with Gasteiger partial charge in [0.25, 0.3) is 0 Å². The van der Waals surface area contributed by atoms with Crippen molar-refractivity contribution in [3.63, 3.8) is 0 Å². The summed E-state index contributed by atoms with van der Waals surface area (Å²) < 4.78 is 5.42. The van der Waals surface area contributed by atoms with Crippen LogP contribution in [0.25, 0.3) is 0 Å². The predicted octanol–water partition coefficient (Wildman–Crippen LogP) is 3.68. The van der Waals surface area contributed by atoms with Crippen LogP contribution in [0, 0.1) is 6.92 Å². The average Bonchev–Trinajstić information content (AvgIpc) is 2.55. The molecule has 2 unspecified atom stereocenters. The van der Waals surface area contributed by atoms with Crippen LogP contribution in [0.5, 0.6) is 5.75 Å². The number of hydrogen-bond acceptors (Lipinski definition) is 3. The third-order valence-electron chi connectivity index (χ3n) is 3.79. The number of carbonyl (C=O) groups excluding carboxylic acids is 1. The summed E-state index contributed by atoms with van der Waals surface area (Å²) in [6.45, 7) is 5.93. The van der Waals surface area contributed by atoms with Gasteiger partial charge in [0.15, 0.2) is 0 Å². The molecular weight excluding hydrogens is 288 g/mol. The van der Waals surface area contributed by atoms with Gasteiger partial charge < -0.3 is 10.1 Å². The van der Waals surface area contributed by atoms with Crippen molar-refractivity contribution in [1.82, 2.24) is 5.32 Å². The second-order valence-electron chi connectivity index (χ2n) is 5.71. The number of carbonyl (C=O) groups is 1. The third-order valence-corrected chi connectivity index (χ3v) is 3.79. The van der Waals surface area contributed by atoms with Gasteiger partial charge in [0.2, 0.25) is 5.91 Å². The fourth-order valence-corrected chi connectivity index (χ4v) is 2.50. The zero-order chi connectivity index (χ0) is 16.8. The van der Waals surface area contributed by atoms with E-state index in [4.69, 9.17) is 4.74 Å². The molecule has 2 aromatic rings. The SMILES string of the molecule is COc1ccc(C)cc1C(C)NC(C)C(=O)Nc1ccccc1. The highest BCUT2D eigenvalue weighted by molar-refractivity contribution is 5.94. The molecule has 0 heterocycles. The highest BCUT2D eigenvalue weighted by Gasteiger charge is 2.18. The van der Waals surface area contributed by atoms with E-state index < -0.39 is 0 Å². The van der Waals surface area contributed by atoms with Gasteiger partial charge in [-0.15, -0.1) is 0 Å². The zero-order valence-electron chi connectivity index (χ0n) is 14.1. The molecule has 0 bridgehead atoms. The molecule has 0 fully saturated rings. The molecule has 122 valence electrons.